The maximum atomic E-state index is 4.38. The molecule has 11 atom stereocenters. The van der Waals surface area contributed by atoms with Gasteiger partial charge in [-0.25, -0.2) is 0 Å². The summed E-state index contributed by atoms with van der Waals surface area (Å²) in [6, 6.07) is 0.893. The molecule has 10 aliphatic rings. The van der Waals surface area contributed by atoms with E-state index in [4.69, 9.17) is 0 Å². The second-order valence-corrected chi connectivity index (χ2v) is 19.1. The lowest BCUT2D eigenvalue weighted by molar-refractivity contribution is 0.174. The lowest BCUT2D eigenvalue weighted by atomic mass is 9.56. The molecule has 1 saturated heterocycles. The zero-order chi connectivity index (χ0) is 36.6. The molecule has 2 fully saturated rings. The van der Waals surface area contributed by atoms with Crippen LogP contribution in [0.3, 0.4) is 0 Å². The van der Waals surface area contributed by atoms with Gasteiger partial charge in [0.25, 0.3) is 0 Å². The van der Waals surface area contributed by atoms with Crippen LogP contribution in [-0.2, 0) is 0 Å². The number of fused-ring (bicyclic) bond motifs is 3. The quantitative estimate of drug-likeness (QED) is 0.255. The van der Waals surface area contributed by atoms with Crippen molar-refractivity contribution in [1.29, 1.82) is 0 Å². The molecule has 0 aromatic heterocycles. The second-order valence-electron chi connectivity index (χ2n) is 19.1. The van der Waals surface area contributed by atoms with Crippen molar-refractivity contribution < 1.29 is 0 Å². The van der Waals surface area contributed by atoms with Gasteiger partial charge < -0.3 is 0 Å². The molecule has 10 rings (SSSR count). The van der Waals surface area contributed by atoms with Gasteiger partial charge in [0.1, 0.15) is 0 Å². The van der Waals surface area contributed by atoms with Crippen LogP contribution >= 0.6 is 0 Å². The van der Waals surface area contributed by atoms with Gasteiger partial charge in [0.05, 0.1) is 6.17 Å². The van der Waals surface area contributed by atoms with Gasteiger partial charge in [0.15, 0.2) is 0 Å². The van der Waals surface area contributed by atoms with E-state index >= 15 is 0 Å². The Balaban J connectivity index is 0.981. The van der Waals surface area contributed by atoms with Crippen LogP contribution in [0.2, 0.25) is 0 Å². The first-order valence-electron chi connectivity index (χ1n) is 23.3. The fourth-order valence-electron chi connectivity index (χ4n) is 14.1. The molecule has 2 heteroatoms. The van der Waals surface area contributed by atoms with Gasteiger partial charge >= 0.3 is 0 Å². The van der Waals surface area contributed by atoms with Gasteiger partial charge in [-0.1, -0.05) is 125 Å². The largest absolute Gasteiger partial charge is 0.294 e. The second kappa shape index (κ2) is 16.1. The van der Waals surface area contributed by atoms with E-state index in [0.29, 0.717) is 53.8 Å². The highest BCUT2D eigenvalue weighted by atomic mass is 15.2. The molecule has 0 bridgehead atoms. The summed E-state index contributed by atoms with van der Waals surface area (Å²) in [5, 5.41) is 8.69. The van der Waals surface area contributed by atoms with Crippen LogP contribution < -0.4 is 10.6 Å². The molecule has 1 heterocycles. The molecular formula is C53H68N2. The average molecular weight is 733 g/mol. The van der Waals surface area contributed by atoms with Gasteiger partial charge in [-0.05, 0) is 169 Å². The van der Waals surface area contributed by atoms with Crippen molar-refractivity contribution in [3.63, 3.8) is 0 Å². The molecule has 1 aliphatic heterocycles. The first kappa shape index (κ1) is 36.4. The van der Waals surface area contributed by atoms with E-state index in [1.54, 1.807) is 22.3 Å². The van der Waals surface area contributed by atoms with Gasteiger partial charge in [-0.3, -0.25) is 10.6 Å². The molecule has 11 unspecified atom stereocenters. The van der Waals surface area contributed by atoms with E-state index in [9.17, 15) is 0 Å². The first-order chi connectivity index (χ1) is 27.3. The Kier molecular flexibility index (Phi) is 10.7. The standard InChI is InChI=1S/C53H68N2/c1-6-19-38(20-7-1)48-50(39-21-8-2-9-22-39)54-52(41-23-10-3-11-24-41)55-51(48)40-35-33-37(34-36-40)44-30-18-32-47-49(44)45-29-16-17-31-46(45)53(47,42-25-12-4-13-26-42)43-27-14-5-15-28-43/h2,4,8-9,12,17-19,21,23,25,27,30-32,35,37,39,45-52,54-55H,1,3,5-7,10-11,13-16,20,22,24,26,28-29,33-34,36H2. The van der Waals surface area contributed by atoms with Crippen molar-refractivity contribution in [3.8, 4) is 0 Å². The highest BCUT2D eigenvalue weighted by Gasteiger charge is 2.62. The SMILES string of the molecule is C1=CCCC(C2(C3=CCCCC3)C3C=CCCC3C3C(C4CC=C(C5NC(C6=CCCCC6)NC(C6C=CC=CC6)C5C5=CCCCC5)CC4)=CC=CC32)=C1. The molecule has 0 amide bonds. The highest BCUT2D eigenvalue weighted by Crippen LogP contribution is 2.69. The van der Waals surface area contributed by atoms with E-state index < -0.39 is 0 Å². The molecule has 9 aliphatic carbocycles. The Morgan fingerprint density at radius 3 is 2.11 bits per heavy atom. The molecule has 0 aromatic carbocycles. The summed E-state index contributed by atoms with van der Waals surface area (Å²) in [4.78, 5) is 0. The Morgan fingerprint density at radius 1 is 0.527 bits per heavy atom. The van der Waals surface area contributed by atoms with E-state index in [1.165, 1.54) is 122 Å². The minimum Gasteiger partial charge on any atom is -0.294 e. The Labute approximate surface area is 333 Å². The lowest BCUT2D eigenvalue weighted by Crippen LogP contribution is -2.66. The van der Waals surface area contributed by atoms with Crippen molar-refractivity contribution in [2.45, 2.75) is 147 Å². The van der Waals surface area contributed by atoms with Crippen molar-refractivity contribution in [1.82, 2.24) is 10.6 Å². The van der Waals surface area contributed by atoms with Crippen molar-refractivity contribution >= 4 is 0 Å². The average Bonchev–Trinajstić information content (AvgIpc) is 3.59. The number of hydrogen-bond donors (Lipinski definition) is 2. The van der Waals surface area contributed by atoms with E-state index in [1.807, 2.05) is 11.1 Å². The summed E-state index contributed by atoms with van der Waals surface area (Å²) >= 11 is 0. The zero-order valence-corrected chi connectivity index (χ0v) is 33.7. The Morgan fingerprint density at radius 2 is 1.38 bits per heavy atom. The lowest BCUT2D eigenvalue weighted by Gasteiger charge is -2.50. The van der Waals surface area contributed by atoms with Crippen LogP contribution in [0.25, 0.3) is 0 Å². The third-order valence-corrected chi connectivity index (χ3v) is 16.4. The normalized spacial score (nSPS) is 41.3. The van der Waals surface area contributed by atoms with E-state index in [0.717, 1.165) is 12.3 Å². The van der Waals surface area contributed by atoms with Crippen LogP contribution in [0, 0.1) is 46.8 Å². The fraction of sp³-hybridized carbons (Fsp3) is 0.585. The predicted octanol–water partition coefficient (Wildman–Crippen LogP) is 12.8. The maximum Gasteiger partial charge on any atom is 0.0801 e. The molecule has 0 spiro atoms. The zero-order valence-electron chi connectivity index (χ0n) is 33.7. The molecule has 290 valence electrons. The third-order valence-electron chi connectivity index (χ3n) is 16.4. The minimum atomic E-state index is 0.170. The monoisotopic (exact) mass is 733 g/mol. The van der Waals surface area contributed by atoms with Crippen LogP contribution in [0.1, 0.15) is 128 Å². The molecule has 2 N–H and O–H groups in total. The van der Waals surface area contributed by atoms with Gasteiger partial charge in [0, 0.05) is 23.4 Å². The van der Waals surface area contributed by atoms with Crippen LogP contribution in [0.15, 0.2) is 131 Å². The number of allylic oxidation sites excluding steroid dienone is 18. The third kappa shape index (κ3) is 6.64. The summed E-state index contributed by atoms with van der Waals surface area (Å²) in [6.07, 6.45) is 66.9. The van der Waals surface area contributed by atoms with Gasteiger partial charge in [-0.2, -0.15) is 0 Å². The number of rotatable bonds is 7. The Bertz CT molecular complexity index is 1800. The summed E-state index contributed by atoms with van der Waals surface area (Å²) in [5.41, 5.74) is 10.7. The predicted molar refractivity (Wildman–Crippen MR) is 231 cm³/mol. The van der Waals surface area contributed by atoms with E-state index in [2.05, 4.69) is 108 Å². The Hall–Kier alpha value is -2.94. The summed E-state index contributed by atoms with van der Waals surface area (Å²) in [6.45, 7) is 0. The molecule has 0 aromatic rings. The molecule has 1 saturated carbocycles. The fourth-order valence-corrected chi connectivity index (χ4v) is 14.1. The number of nitrogens with one attached hydrogen (secondary N) is 2. The van der Waals surface area contributed by atoms with Crippen LogP contribution in [0.4, 0.5) is 0 Å². The summed E-state index contributed by atoms with van der Waals surface area (Å²) < 4.78 is 0. The number of hydrogen-bond acceptors (Lipinski definition) is 2. The van der Waals surface area contributed by atoms with E-state index in [-0.39, 0.29) is 5.41 Å². The van der Waals surface area contributed by atoms with Crippen molar-refractivity contribution in [2.24, 2.45) is 46.8 Å². The highest BCUT2D eigenvalue weighted by molar-refractivity contribution is 5.48. The summed E-state index contributed by atoms with van der Waals surface area (Å²) in [7, 11) is 0. The smallest absolute Gasteiger partial charge is 0.0801 e. The van der Waals surface area contributed by atoms with Crippen molar-refractivity contribution in [3.05, 3.63) is 131 Å². The molecule has 55 heavy (non-hydrogen) atoms. The van der Waals surface area contributed by atoms with Crippen LogP contribution in [-0.4, -0.2) is 18.2 Å². The minimum absolute atomic E-state index is 0.170. The van der Waals surface area contributed by atoms with Gasteiger partial charge in [0.2, 0.25) is 0 Å². The van der Waals surface area contributed by atoms with Crippen LogP contribution in [0.5, 0.6) is 0 Å². The van der Waals surface area contributed by atoms with Gasteiger partial charge in [-0.15, -0.1) is 0 Å². The maximum absolute atomic E-state index is 4.38. The molecular weight excluding hydrogens is 665 g/mol. The summed E-state index contributed by atoms with van der Waals surface area (Å²) in [5.74, 6) is 4.39. The molecule has 2 nitrogen and oxygen atoms in total. The molecule has 0 radical (unpaired) electrons. The topological polar surface area (TPSA) is 24.1 Å². The first-order valence-corrected chi connectivity index (χ1v) is 23.3. The van der Waals surface area contributed by atoms with Crippen molar-refractivity contribution in [2.75, 3.05) is 0 Å².